The van der Waals surface area contributed by atoms with Gasteiger partial charge >= 0.3 is 0 Å². The number of sulfone groups is 1. The summed E-state index contributed by atoms with van der Waals surface area (Å²) in [6.45, 7) is 0. The van der Waals surface area contributed by atoms with Crippen molar-refractivity contribution in [1.29, 1.82) is 0 Å². The second-order valence-corrected chi connectivity index (χ2v) is 8.36. The molecule has 1 aliphatic carbocycles. The first-order valence-corrected chi connectivity index (χ1v) is 8.61. The number of hydrogen-bond donors (Lipinski definition) is 1. The molecule has 1 atom stereocenters. The largest absolute Gasteiger partial charge is 0.319 e. The van der Waals surface area contributed by atoms with E-state index in [-0.39, 0.29) is 11.5 Å². The average molecular weight is 272 g/mol. The van der Waals surface area contributed by atoms with Gasteiger partial charge in [-0.1, -0.05) is 0 Å². The van der Waals surface area contributed by atoms with Crippen LogP contribution in [-0.4, -0.2) is 24.9 Å². The summed E-state index contributed by atoms with van der Waals surface area (Å²) in [6, 6.07) is 0. The van der Waals surface area contributed by atoms with Crippen LogP contribution in [0.2, 0.25) is 0 Å². The Morgan fingerprint density at radius 3 is 2.82 bits per heavy atom. The van der Waals surface area contributed by atoms with Gasteiger partial charge < -0.3 is 5.73 Å². The van der Waals surface area contributed by atoms with Gasteiger partial charge in [0.05, 0.1) is 22.7 Å². The summed E-state index contributed by atoms with van der Waals surface area (Å²) in [7, 11) is -2.99. The molecular formula is C11H16N2O2S2. The van der Waals surface area contributed by atoms with Crippen molar-refractivity contribution in [3.8, 4) is 0 Å². The fourth-order valence-corrected chi connectivity index (χ4v) is 5.88. The van der Waals surface area contributed by atoms with E-state index in [0.717, 1.165) is 30.0 Å². The molecule has 4 nitrogen and oxygen atoms in total. The van der Waals surface area contributed by atoms with Crippen LogP contribution in [-0.2, 0) is 28.2 Å². The molecule has 3 rings (SSSR count). The van der Waals surface area contributed by atoms with Crippen molar-refractivity contribution in [1.82, 2.24) is 4.98 Å². The van der Waals surface area contributed by atoms with Crippen molar-refractivity contribution < 1.29 is 8.42 Å². The lowest BCUT2D eigenvalue weighted by Gasteiger charge is -2.31. The van der Waals surface area contributed by atoms with Crippen LogP contribution in [0.1, 0.15) is 34.8 Å². The van der Waals surface area contributed by atoms with Crippen LogP contribution in [0.25, 0.3) is 0 Å². The molecule has 1 aromatic heterocycles. The Morgan fingerprint density at radius 2 is 2.12 bits per heavy atom. The van der Waals surface area contributed by atoms with Gasteiger partial charge in [-0.25, -0.2) is 13.4 Å². The summed E-state index contributed by atoms with van der Waals surface area (Å²) in [5.41, 5.74) is 6.71. The molecule has 17 heavy (non-hydrogen) atoms. The third kappa shape index (κ3) is 2.02. The van der Waals surface area contributed by atoms with Crippen molar-refractivity contribution in [2.24, 2.45) is 5.73 Å². The van der Waals surface area contributed by atoms with Crippen LogP contribution < -0.4 is 5.73 Å². The highest BCUT2D eigenvalue weighted by Crippen LogP contribution is 2.37. The molecule has 1 fully saturated rings. The highest BCUT2D eigenvalue weighted by molar-refractivity contribution is 7.91. The number of rotatable bonds is 1. The SMILES string of the molecule is NC1(c2nc3c(s2)CCC3)CCCS(=O)(=O)C1. The lowest BCUT2D eigenvalue weighted by atomic mass is 9.98. The zero-order valence-corrected chi connectivity index (χ0v) is 11.2. The molecule has 0 bridgehead atoms. The Morgan fingerprint density at radius 1 is 1.29 bits per heavy atom. The van der Waals surface area contributed by atoms with Crippen LogP contribution in [0.3, 0.4) is 0 Å². The van der Waals surface area contributed by atoms with Gasteiger partial charge in [0.2, 0.25) is 0 Å². The lowest BCUT2D eigenvalue weighted by Crippen LogP contribution is -2.47. The summed E-state index contributed by atoms with van der Waals surface area (Å²) in [5.74, 6) is 0.337. The fraction of sp³-hybridized carbons (Fsp3) is 0.727. The molecule has 0 aromatic carbocycles. The monoisotopic (exact) mass is 272 g/mol. The van der Waals surface area contributed by atoms with Crippen molar-refractivity contribution in [2.45, 2.75) is 37.6 Å². The molecule has 2 aliphatic rings. The first kappa shape index (κ1) is 11.6. The number of nitrogens with two attached hydrogens (primary N) is 1. The highest BCUT2D eigenvalue weighted by atomic mass is 32.2. The van der Waals surface area contributed by atoms with Crippen molar-refractivity contribution in [3.05, 3.63) is 15.6 Å². The van der Waals surface area contributed by atoms with Crippen molar-refractivity contribution >= 4 is 21.2 Å². The molecule has 0 radical (unpaired) electrons. The Labute approximate surface area is 105 Å². The van der Waals surface area contributed by atoms with E-state index in [2.05, 4.69) is 4.98 Å². The molecule has 0 saturated carbocycles. The van der Waals surface area contributed by atoms with Gasteiger partial charge in [0.1, 0.15) is 5.01 Å². The summed E-state index contributed by atoms with van der Waals surface area (Å²) in [4.78, 5) is 5.89. The maximum Gasteiger partial charge on any atom is 0.152 e. The van der Waals surface area contributed by atoms with E-state index in [1.807, 2.05) is 0 Å². The van der Waals surface area contributed by atoms with Crippen molar-refractivity contribution in [3.63, 3.8) is 0 Å². The van der Waals surface area contributed by atoms with Crippen LogP contribution in [0.4, 0.5) is 0 Å². The standard InChI is InChI=1S/C11H16N2O2S2/c12-11(5-2-6-17(14,15)7-11)10-13-8-3-1-4-9(8)16-10/h1-7,12H2. The maximum atomic E-state index is 11.7. The molecule has 1 aliphatic heterocycles. The predicted molar refractivity (Wildman–Crippen MR) is 67.9 cm³/mol. The molecular weight excluding hydrogens is 256 g/mol. The van der Waals surface area contributed by atoms with E-state index >= 15 is 0 Å². The normalized spacial score (nSPS) is 31.4. The second-order valence-electron chi connectivity index (χ2n) is 5.09. The minimum atomic E-state index is -2.99. The third-order valence-electron chi connectivity index (χ3n) is 3.58. The third-order valence-corrected chi connectivity index (χ3v) is 6.82. The summed E-state index contributed by atoms with van der Waals surface area (Å²) in [6.07, 6.45) is 4.66. The molecule has 1 aromatic rings. The molecule has 0 spiro atoms. The molecule has 1 saturated heterocycles. The topological polar surface area (TPSA) is 73.0 Å². The quantitative estimate of drug-likeness (QED) is 0.827. The first-order valence-electron chi connectivity index (χ1n) is 5.97. The zero-order chi connectivity index (χ0) is 12.1. The van der Waals surface area contributed by atoms with Crippen LogP contribution in [0.5, 0.6) is 0 Å². The maximum absolute atomic E-state index is 11.7. The lowest BCUT2D eigenvalue weighted by molar-refractivity contribution is 0.421. The van der Waals surface area contributed by atoms with Gasteiger partial charge in [0.25, 0.3) is 0 Å². The van der Waals surface area contributed by atoms with E-state index in [9.17, 15) is 8.42 Å². The number of fused-ring (bicyclic) bond motifs is 1. The number of aryl methyl sites for hydroxylation is 2. The molecule has 94 valence electrons. The Hall–Kier alpha value is -0.460. The van der Waals surface area contributed by atoms with Gasteiger partial charge in [-0.2, -0.15) is 0 Å². The van der Waals surface area contributed by atoms with Crippen LogP contribution >= 0.6 is 11.3 Å². The van der Waals surface area contributed by atoms with Crippen LogP contribution in [0, 0.1) is 0 Å². The molecule has 0 amide bonds. The predicted octanol–water partition coefficient (Wildman–Crippen LogP) is 0.994. The smallest absolute Gasteiger partial charge is 0.152 e. The highest BCUT2D eigenvalue weighted by Gasteiger charge is 2.40. The second kappa shape index (κ2) is 3.76. The molecule has 2 N–H and O–H groups in total. The fourth-order valence-electron chi connectivity index (χ4n) is 2.72. The molecule has 6 heteroatoms. The Kier molecular flexibility index (Phi) is 2.57. The van der Waals surface area contributed by atoms with Gasteiger partial charge in [-0.15, -0.1) is 11.3 Å². The number of hydrogen-bond acceptors (Lipinski definition) is 5. The minimum absolute atomic E-state index is 0.0619. The summed E-state index contributed by atoms with van der Waals surface area (Å²) < 4.78 is 23.4. The minimum Gasteiger partial charge on any atom is -0.319 e. The number of nitrogens with zero attached hydrogens (tertiary/aromatic N) is 1. The van der Waals surface area contributed by atoms with E-state index in [0.29, 0.717) is 6.42 Å². The average Bonchev–Trinajstić information content (AvgIpc) is 2.73. The Bertz CT molecular complexity index is 528. The first-order chi connectivity index (χ1) is 7.99. The van der Waals surface area contributed by atoms with Crippen LogP contribution in [0.15, 0.2) is 0 Å². The van der Waals surface area contributed by atoms with E-state index in [1.54, 1.807) is 11.3 Å². The van der Waals surface area contributed by atoms with E-state index < -0.39 is 15.4 Å². The summed E-state index contributed by atoms with van der Waals surface area (Å²) in [5, 5.41) is 0.838. The number of thiazole rings is 1. The van der Waals surface area contributed by atoms with E-state index in [4.69, 9.17) is 5.73 Å². The Balaban J connectivity index is 1.96. The summed E-state index contributed by atoms with van der Waals surface area (Å²) >= 11 is 1.63. The molecule has 2 heterocycles. The molecule has 1 unspecified atom stereocenters. The van der Waals surface area contributed by atoms with Gasteiger partial charge in [-0.3, -0.25) is 0 Å². The zero-order valence-electron chi connectivity index (χ0n) is 9.61. The van der Waals surface area contributed by atoms with Gasteiger partial charge in [0, 0.05) is 4.88 Å². The van der Waals surface area contributed by atoms with Gasteiger partial charge in [-0.05, 0) is 32.1 Å². The number of aromatic nitrogens is 1. The van der Waals surface area contributed by atoms with Crippen molar-refractivity contribution in [2.75, 3.05) is 11.5 Å². The van der Waals surface area contributed by atoms with Gasteiger partial charge in [0.15, 0.2) is 9.84 Å². The van der Waals surface area contributed by atoms with E-state index in [1.165, 1.54) is 11.3 Å².